The van der Waals surface area contributed by atoms with Gasteiger partial charge in [-0.1, -0.05) is 30.3 Å². The van der Waals surface area contributed by atoms with Crippen molar-refractivity contribution in [3.05, 3.63) is 59.9 Å². The normalized spacial score (nSPS) is 9.53. The second-order valence-electron chi connectivity index (χ2n) is 3.09. The number of hydrogen-bond donors (Lipinski definition) is 0. The van der Waals surface area contributed by atoms with Crippen molar-refractivity contribution in [2.75, 3.05) is 0 Å². The van der Waals surface area contributed by atoms with E-state index < -0.39 is 0 Å². The Bertz CT molecular complexity index is 468. The summed E-state index contributed by atoms with van der Waals surface area (Å²) < 4.78 is 1.48. The van der Waals surface area contributed by atoms with E-state index in [0.717, 1.165) is 5.56 Å². The zero-order valence-corrected chi connectivity index (χ0v) is 8.13. The van der Waals surface area contributed by atoms with Crippen LogP contribution in [0.15, 0.2) is 48.7 Å². The molecule has 2 aromatic rings. The van der Waals surface area contributed by atoms with Crippen LogP contribution in [-0.4, -0.2) is 4.73 Å². The molecule has 1 heterocycles. The smallest absolute Gasteiger partial charge is 0.156 e. The van der Waals surface area contributed by atoms with Crippen LogP contribution in [0.5, 0.6) is 0 Å². The van der Waals surface area contributed by atoms with Gasteiger partial charge in [0.2, 0.25) is 0 Å². The Morgan fingerprint density at radius 2 is 1.93 bits per heavy atom. The summed E-state index contributed by atoms with van der Waals surface area (Å²) >= 11 is 0. The van der Waals surface area contributed by atoms with Crippen LogP contribution in [0.25, 0.3) is 0 Å². The summed E-state index contributed by atoms with van der Waals surface area (Å²) in [6.45, 7) is 0.462. The first-order valence-corrected chi connectivity index (χ1v) is 4.65. The lowest BCUT2D eigenvalue weighted by atomic mass is 10.2. The molecule has 3 heteroatoms. The molecule has 1 aromatic carbocycles. The van der Waals surface area contributed by atoms with E-state index in [2.05, 4.69) is 0 Å². The predicted octanol–water partition coefficient (Wildman–Crippen LogP) is 1.99. The fraction of sp³-hybridized carbons (Fsp3) is 0.0833. The monoisotopic (exact) mass is 198 g/mol. The van der Waals surface area contributed by atoms with Gasteiger partial charge in [0.25, 0.3) is 0 Å². The Labute approximate surface area is 88.1 Å². The molecule has 3 nitrogen and oxygen atoms in total. The lowest BCUT2D eigenvalue weighted by Crippen LogP contribution is -2.11. The molecule has 0 saturated heterocycles. The second kappa shape index (κ2) is 4.34. The fourth-order valence-electron chi connectivity index (χ4n) is 1.28. The molecule has 0 unspecified atom stereocenters. The quantitative estimate of drug-likeness (QED) is 0.756. The molecule has 0 radical (unpaired) electrons. The Morgan fingerprint density at radius 3 is 2.67 bits per heavy atom. The molecule has 15 heavy (non-hydrogen) atoms. The maximum absolute atomic E-state index is 8.75. The first kappa shape index (κ1) is 9.35. The highest BCUT2D eigenvalue weighted by Gasteiger charge is 1.99. The summed E-state index contributed by atoms with van der Waals surface area (Å²) in [5.74, 6) is 0. The van der Waals surface area contributed by atoms with Gasteiger partial charge in [-0.15, -0.1) is 0 Å². The lowest BCUT2D eigenvalue weighted by Gasteiger charge is -2.07. The number of hydrogen-bond acceptors (Lipinski definition) is 2. The molecule has 0 amide bonds. The molecule has 0 spiro atoms. The second-order valence-corrected chi connectivity index (χ2v) is 3.09. The molecular weight excluding hydrogens is 188 g/mol. The minimum Gasteiger partial charge on any atom is -0.408 e. The predicted molar refractivity (Wildman–Crippen MR) is 55.9 cm³/mol. The van der Waals surface area contributed by atoms with E-state index in [1.807, 2.05) is 36.4 Å². The molecular formula is C12H10N2O. The van der Waals surface area contributed by atoms with Crippen molar-refractivity contribution in [2.45, 2.75) is 6.61 Å². The fourth-order valence-corrected chi connectivity index (χ4v) is 1.28. The Hall–Kier alpha value is -2.21. The molecule has 74 valence electrons. The molecule has 0 atom stereocenters. The molecule has 0 aliphatic carbocycles. The van der Waals surface area contributed by atoms with Gasteiger partial charge in [-0.25, -0.2) is 0 Å². The highest BCUT2D eigenvalue weighted by Crippen LogP contribution is 2.02. The van der Waals surface area contributed by atoms with E-state index in [4.69, 9.17) is 10.1 Å². The van der Waals surface area contributed by atoms with Crippen LogP contribution >= 0.6 is 0 Å². The SMILES string of the molecule is N#Cc1cccn1OCc1ccccc1. The van der Waals surface area contributed by atoms with Gasteiger partial charge >= 0.3 is 0 Å². The Balaban J connectivity index is 2.03. The van der Waals surface area contributed by atoms with Gasteiger partial charge < -0.3 is 4.84 Å². The van der Waals surface area contributed by atoms with Gasteiger partial charge in [0, 0.05) is 6.20 Å². The molecule has 1 aromatic heterocycles. The van der Waals surface area contributed by atoms with Crippen molar-refractivity contribution in [3.63, 3.8) is 0 Å². The summed E-state index contributed by atoms with van der Waals surface area (Å²) in [5, 5.41) is 8.75. The van der Waals surface area contributed by atoms with Gasteiger partial charge in [-0.2, -0.15) is 9.99 Å². The highest BCUT2D eigenvalue weighted by molar-refractivity contribution is 5.21. The van der Waals surface area contributed by atoms with Crippen molar-refractivity contribution in [2.24, 2.45) is 0 Å². The number of benzene rings is 1. The van der Waals surface area contributed by atoms with E-state index in [0.29, 0.717) is 12.3 Å². The van der Waals surface area contributed by atoms with Gasteiger partial charge in [-0.3, -0.25) is 0 Å². The van der Waals surface area contributed by atoms with Crippen LogP contribution in [0.2, 0.25) is 0 Å². The van der Waals surface area contributed by atoms with Crippen molar-refractivity contribution >= 4 is 0 Å². The maximum Gasteiger partial charge on any atom is 0.156 e. The average Bonchev–Trinajstić information content (AvgIpc) is 2.75. The topological polar surface area (TPSA) is 38.0 Å². The molecule has 0 bridgehead atoms. The van der Waals surface area contributed by atoms with Gasteiger partial charge in [0.05, 0.1) is 0 Å². The number of nitrogens with zero attached hydrogens (tertiary/aromatic N) is 2. The molecule has 0 fully saturated rings. The van der Waals surface area contributed by atoms with Crippen LogP contribution in [0.4, 0.5) is 0 Å². The average molecular weight is 198 g/mol. The summed E-state index contributed by atoms with van der Waals surface area (Å²) in [6.07, 6.45) is 1.72. The summed E-state index contributed by atoms with van der Waals surface area (Å²) in [7, 11) is 0. The van der Waals surface area contributed by atoms with Crippen molar-refractivity contribution < 1.29 is 4.84 Å². The van der Waals surface area contributed by atoms with E-state index in [9.17, 15) is 0 Å². The van der Waals surface area contributed by atoms with E-state index >= 15 is 0 Å². The molecule has 0 N–H and O–H groups in total. The maximum atomic E-state index is 8.75. The highest BCUT2D eigenvalue weighted by atomic mass is 16.7. The zero-order valence-electron chi connectivity index (χ0n) is 8.13. The number of aromatic nitrogens is 1. The van der Waals surface area contributed by atoms with Gasteiger partial charge in [0.15, 0.2) is 5.69 Å². The van der Waals surface area contributed by atoms with Crippen LogP contribution in [0, 0.1) is 11.3 Å². The third kappa shape index (κ3) is 2.18. The molecule has 2 rings (SSSR count). The summed E-state index contributed by atoms with van der Waals surface area (Å²) in [6, 6.07) is 15.4. The van der Waals surface area contributed by atoms with Crippen LogP contribution in [-0.2, 0) is 6.61 Å². The van der Waals surface area contributed by atoms with Crippen LogP contribution < -0.4 is 4.84 Å². The van der Waals surface area contributed by atoms with E-state index in [1.54, 1.807) is 18.3 Å². The largest absolute Gasteiger partial charge is 0.408 e. The molecule has 0 aliphatic heterocycles. The zero-order chi connectivity index (χ0) is 10.5. The van der Waals surface area contributed by atoms with Gasteiger partial charge in [0.1, 0.15) is 12.7 Å². The van der Waals surface area contributed by atoms with Crippen molar-refractivity contribution in [1.29, 1.82) is 5.26 Å². The van der Waals surface area contributed by atoms with E-state index in [-0.39, 0.29) is 0 Å². The first-order valence-electron chi connectivity index (χ1n) is 4.65. The third-order valence-electron chi connectivity index (χ3n) is 2.04. The molecule has 0 aliphatic rings. The first-order chi connectivity index (χ1) is 7.40. The van der Waals surface area contributed by atoms with Crippen molar-refractivity contribution in [1.82, 2.24) is 4.73 Å². The number of rotatable bonds is 3. The molecule has 0 saturated carbocycles. The third-order valence-corrected chi connectivity index (χ3v) is 2.04. The Kier molecular flexibility index (Phi) is 2.70. The number of nitriles is 1. The van der Waals surface area contributed by atoms with Gasteiger partial charge in [-0.05, 0) is 17.7 Å². The van der Waals surface area contributed by atoms with Crippen LogP contribution in [0.3, 0.4) is 0 Å². The lowest BCUT2D eigenvalue weighted by molar-refractivity contribution is 0.0962. The van der Waals surface area contributed by atoms with E-state index in [1.165, 1.54) is 4.73 Å². The Morgan fingerprint density at radius 1 is 1.13 bits per heavy atom. The summed E-state index contributed by atoms with van der Waals surface area (Å²) in [4.78, 5) is 5.45. The standard InChI is InChI=1S/C12H10N2O/c13-9-12-7-4-8-14(12)15-10-11-5-2-1-3-6-11/h1-8H,10H2. The van der Waals surface area contributed by atoms with Crippen LogP contribution in [0.1, 0.15) is 11.3 Å². The minimum absolute atomic E-state index is 0.462. The summed E-state index contributed by atoms with van der Waals surface area (Å²) in [5.41, 5.74) is 1.58. The van der Waals surface area contributed by atoms with Crippen molar-refractivity contribution in [3.8, 4) is 6.07 Å². The minimum atomic E-state index is 0.462.